The van der Waals surface area contributed by atoms with Crippen LogP contribution < -0.4 is 15.4 Å². The van der Waals surface area contributed by atoms with Gasteiger partial charge in [0.05, 0.1) is 6.04 Å². The summed E-state index contributed by atoms with van der Waals surface area (Å²) in [4.78, 5) is 0. The van der Waals surface area contributed by atoms with Gasteiger partial charge in [0.25, 0.3) is 0 Å². The van der Waals surface area contributed by atoms with Crippen molar-refractivity contribution in [2.75, 3.05) is 11.9 Å². The van der Waals surface area contributed by atoms with Crippen LogP contribution in [-0.4, -0.2) is 17.8 Å². The van der Waals surface area contributed by atoms with Gasteiger partial charge in [-0.05, 0) is 68.4 Å². The van der Waals surface area contributed by atoms with Crippen LogP contribution in [0.2, 0.25) is 0 Å². The highest BCUT2D eigenvalue weighted by atomic mass is 32.1. The maximum atomic E-state index is 5.71. The summed E-state index contributed by atoms with van der Waals surface area (Å²) in [6, 6.07) is 16.2. The van der Waals surface area contributed by atoms with Gasteiger partial charge in [-0.25, -0.2) is 0 Å². The van der Waals surface area contributed by atoms with Gasteiger partial charge in [-0.3, -0.25) is 0 Å². The number of aryl methyl sites for hydroxylation is 2. The van der Waals surface area contributed by atoms with Gasteiger partial charge in [0.15, 0.2) is 5.11 Å². The predicted molar refractivity (Wildman–Crippen MR) is 96.7 cm³/mol. The van der Waals surface area contributed by atoms with Crippen molar-refractivity contribution in [1.82, 2.24) is 5.32 Å². The van der Waals surface area contributed by atoms with Gasteiger partial charge in [-0.15, -0.1) is 0 Å². The lowest BCUT2D eigenvalue weighted by molar-refractivity contribution is 0.287. The van der Waals surface area contributed by atoms with E-state index in [0.29, 0.717) is 11.7 Å². The highest BCUT2D eigenvalue weighted by molar-refractivity contribution is 7.80. The maximum absolute atomic E-state index is 5.71. The van der Waals surface area contributed by atoms with E-state index in [2.05, 4.69) is 42.7 Å². The molecule has 0 amide bonds. The van der Waals surface area contributed by atoms with Crippen molar-refractivity contribution in [2.24, 2.45) is 0 Å². The van der Waals surface area contributed by atoms with Gasteiger partial charge in [0, 0.05) is 5.69 Å². The topological polar surface area (TPSA) is 33.3 Å². The lowest BCUT2D eigenvalue weighted by Gasteiger charge is -2.18. The Morgan fingerprint density at radius 1 is 1.09 bits per heavy atom. The molecule has 2 aromatic carbocycles. The summed E-state index contributed by atoms with van der Waals surface area (Å²) in [5.41, 5.74) is 3.43. The Hall–Kier alpha value is -2.07. The second-order valence-electron chi connectivity index (χ2n) is 5.50. The number of hydrogen-bond acceptors (Lipinski definition) is 2. The number of anilines is 1. The Labute approximate surface area is 137 Å². The van der Waals surface area contributed by atoms with E-state index in [4.69, 9.17) is 17.0 Å². The van der Waals surface area contributed by atoms with Crippen molar-refractivity contribution in [3.8, 4) is 5.75 Å². The molecule has 116 valence electrons. The van der Waals surface area contributed by atoms with Crippen LogP contribution in [0.3, 0.4) is 0 Å². The van der Waals surface area contributed by atoms with Gasteiger partial charge in [-0.2, -0.15) is 0 Å². The Bertz CT molecular complexity index is 608. The van der Waals surface area contributed by atoms with E-state index in [1.165, 1.54) is 11.1 Å². The molecule has 0 aliphatic rings. The molecule has 2 aromatic rings. The van der Waals surface area contributed by atoms with Gasteiger partial charge >= 0.3 is 0 Å². The molecule has 0 aromatic heterocycles. The molecular weight excluding hydrogens is 292 g/mol. The zero-order valence-electron chi connectivity index (χ0n) is 13.2. The molecule has 2 rings (SSSR count). The summed E-state index contributed by atoms with van der Waals surface area (Å²) in [7, 11) is 0. The number of para-hydroxylation sites is 1. The molecule has 4 heteroatoms. The molecule has 0 spiro atoms. The average Bonchev–Trinajstić information content (AvgIpc) is 2.45. The Kier molecular flexibility index (Phi) is 5.78. The van der Waals surface area contributed by atoms with E-state index >= 15 is 0 Å². The molecule has 0 aliphatic heterocycles. The molecule has 0 saturated carbocycles. The van der Waals surface area contributed by atoms with E-state index in [9.17, 15) is 0 Å². The van der Waals surface area contributed by atoms with Crippen molar-refractivity contribution in [3.05, 3.63) is 59.7 Å². The Balaban J connectivity index is 1.81. The minimum absolute atomic E-state index is 0.117. The Morgan fingerprint density at radius 3 is 2.36 bits per heavy atom. The first-order valence-electron chi connectivity index (χ1n) is 7.36. The van der Waals surface area contributed by atoms with Crippen molar-refractivity contribution in [1.29, 1.82) is 0 Å². The molecular formula is C18H22N2OS. The summed E-state index contributed by atoms with van der Waals surface area (Å²) in [6.07, 6.45) is 0. The Morgan fingerprint density at radius 2 is 1.73 bits per heavy atom. The average molecular weight is 314 g/mol. The molecule has 22 heavy (non-hydrogen) atoms. The third-order valence-electron chi connectivity index (χ3n) is 3.10. The van der Waals surface area contributed by atoms with Crippen LogP contribution in [0.25, 0.3) is 0 Å². The summed E-state index contributed by atoms with van der Waals surface area (Å²) in [5.74, 6) is 0.865. The SMILES string of the molecule is Cc1cc(C)cc(NC(=S)N[C@H](C)COc2ccccc2)c1. The highest BCUT2D eigenvalue weighted by Crippen LogP contribution is 2.13. The molecule has 0 radical (unpaired) electrons. The number of nitrogens with one attached hydrogen (secondary N) is 2. The predicted octanol–water partition coefficient (Wildman–Crippen LogP) is 4.06. The molecule has 3 nitrogen and oxygen atoms in total. The number of thiocarbonyl (C=S) groups is 1. The highest BCUT2D eigenvalue weighted by Gasteiger charge is 2.06. The van der Waals surface area contributed by atoms with Crippen LogP contribution in [0.4, 0.5) is 5.69 Å². The second kappa shape index (κ2) is 7.80. The van der Waals surface area contributed by atoms with Gasteiger partial charge in [0.2, 0.25) is 0 Å². The fraction of sp³-hybridized carbons (Fsp3) is 0.278. The van der Waals surface area contributed by atoms with E-state index in [0.717, 1.165) is 11.4 Å². The molecule has 0 heterocycles. The monoisotopic (exact) mass is 314 g/mol. The molecule has 2 N–H and O–H groups in total. The lowest BCUT2D eigenvalue weighted by Crippen LogP contribution is -2.39. The van der Waals surface area contributed by atoms with Crippen LogP contribution in [0.1, 0.15) is 18.1 Å². The summed E-state index contributed by atoms with van der Waals surface area (Å²) >= 11 is 5.35. The number of benzene rings is 2. The van der Waals surface area contributed by atoms with Crippen molar-refractivity contribution in [2.45, 2.75) is 26.8 Å². The smallest absolute Gasteiger partial charge is 0.171 e. The van der Waals surface area contributed by atoms with E-state index in [1.807, 2.05) is 37.3 Å². The first-order valence-corrected chi connectivity index (χ1v) is 7.77. The number of ether oxygens (including phenoxy) is 1. The normalized spacial score (nSPS) is 11.6. The maximum Gasteiger partial charge on any atom is 0.171 e. The van der Waals surface area contributed by atoms with Crippen LogP contribution in [0, 0.1) is 13.8 Å². The molecule has 0 bridgehead atoms. The van der Waals surface area contributed by atoms with Crippen LogP contribution in [-0.2, 0) is 0 Å². The van der Waals surface area contributed by atoms with Gasteiger partial charge < -0.3 is 15.4 Å². The first-order chi connectivity index (χ1) is 10.5. The summed E-state index contributed by atoms with van der Waals surface area (Å²) in [5, 5.41) is 7.06. The van der Waals surface area contributed by atoms with E-state index < -0.39 is 0 Å². The van der Waals surface area contributed by atoms with Gasteiger partial charge in [0.1, 0.15) is 12.4 Å². The van der Waals surface area contributed by atoms with E-state index in [-0.39, 0.29) is 6.04 Å². The molecule has 0 aliphatic carbocycles. The largest absolute Gasteiger partial charge is 0.491 e. The van der Waals surface area contributed by atoms with Crippen molar-refractivity contribution >= 4 is 23.0 Å². The van der Waals surface area contributed by atoms with Crippen LogP contribution in [0.15, 0.2) is 48.5 Å². The fourth-order valence-corrected chi connectivity index (χ4v) is 2.54. The third-order valence-corrected chi connectivity index (χ3v) is 3.32. The minimum Gasteiger partial charge on any atom is -0.491 e. The van der Waals surface area contributed by atoms with Crippen molar-refractivity contribution in [3.63, 3.8) is 0 Å². The molecule has 0 unspecified atom stereocenters. The van der Waals surface area contributed by atoms with Crippen molar-refractivity contribution < 1.29 is 4.74 Å². The van der Waals surface area contributed by atoms with Gasteiger partial charge in [-0.1, -0.05) is 24.3 Å². The first kappa shape index (κ1) is 16.3. The fourth-order valence-electron chi connectivity index (χ4n) is 2.22. The number of hydrogen-bond donors (Lipinski definition) is 2. The third kappa shape index (κ3) is 5.37. The summed E-state index contributed by atoms with van der Waals surface area (Å²) in [6.45, 7) is 6.74. The van der Waals surface area contributed by atoms with E-state index in [1.54, 1.807) is 0 Å². The van der Waals surface area contributed by atoms with Crippen LogP contribution >= 0.6 is 12.2 Å². The zero-order chi connectivity index (χ0) is 15.9. The second-order valence-corrected chi connectivity index (χ2v) is 5.91. The summed E-state index contributed by atoms with van der Waals surface area (Å²) < 4.78 is 5.71. The molecule has 0 saturated heterocycles. The number of rotatable bonds is 5. The molecule has 1 atom stereocenters. The standard InChI is InChI=1S/C18H22N2OS/c1-13-9-14(2)11-16(10-13)20-18(22)19-15(3)12-21-17-7-5-4-6-8-17/h4-11,15H,12H2,1-3H3,(H2,19,20,22)/t15-/m1/s1. The zero-order valence-corrected chi connectivity index (χ0v) is 14.0. The lowest BCUT2D eigenvalue weighted by atomic mass is 10.1. The quantitative estimate of drug-likeness (QED) is 0.816. The minimum atomic E-state index is 0.117. The van der Waals surface area contributed by atoms with Crippen LogP contribution in [0.5, 0.6) is 5.75 Å². The molecule has 0 fully saturated rings.